The van der Waals surface area contributed by atoms with Crippen LogP contribution in [0.2, 0.25) is 0 Å². The van der Waals surface area contributed by atoms with Gasteiger partial charge in [0.1, 0.15) is 22.2 Å². The van der Waals surface area contributed by atoms with Crippen molar-refractivity contribution in [3.05, 3.63) is 23.8 Å². The van der Waals surface area contributed by atoms with Gasteiger partial charge in [0.2, 0.25) is 0 Å². The maximum absolute atomic E-state index is 11.9. The predicted molar refractivity (Wildman–Crippen MR) is 87.7 cm³/mol. The molecule has 8 heteroatoms. The molecule has 0 unspecified atom stereocenters. The average Bonchev–Trinajstić information content (AvgIpc) is 2.87. The number of aromatic nitrogens is 3. The first-order chi connectivity index (χ1) is 11.1. The highest BCUT2D eigenvalue weighted by Crippen LogP contribution is 2.16. The van der Waals surface area contributed by atoms with Gasteiger partial charge in [0.05, 0.1) is 12.2 Å². The second kappa shape index (κ2) is 6.47. The average molecular weight is 332 g/mol. The van der Waals surface area contributed by atoms with Crippen LogP contribution in [0.5, 0.6) is 0 Å². The lowest BCUT2D eigenvalue weighted by Gasteiger charge is -2.19. The lowest BCUT2D eigenvalue weighted by Crippen LogP contribution is -2.32. The van der Waals surface area contributed by atoms with Crippen molar-refractivity contribution in [1.82, 2.24) is 15.1 Å². The van der Waals surface area contributed by atoms with E-state index in [1.807, 2.05) is 0 Å². The molecule has 0 aliphatic carbocycles. The molecule has 1 aromatic heterocycles. The number of amides is 1. The molecule has 2 aromatic rings. The Morgan fingerprint density at radius 3 is 2.71 bits per heavy atom. The van der Waals surface area contributed by atoms with Crippen molar-refractivity contribution in [1.29, 1.82) is 0 Å². The largest absolute Gasteiger partial charge is 0.443 e. The molecule has 2 rings (SSSR count). The molecule has 0 fully saturated rings. The first-order valence-electron chi connectivity index (χ1n) is 7.32. The molecule has 0 saturated heterocycles. The minimum Gasteiger partial charge on any atom is -0.443 e. The first-order valence-corrected chi connectivity index (χ1v) is 7.32. The fourth-order valence-corrected chi connectivity index (χ4v) is 1.78. The summed E-state index contributed by atoms with van der Waals surface area (Å²) in [5, 5.41) is 26.7. The summed E-state index contributed by atoms with van der Waals surface area (Å²) in [4.78, 5) is 13.1. The van der Waals surface area contributed by atoms with Crippen LogP contribution in [0.15, 0.2) is 18.2 Å². The number of para-hydroxylation sites is 1. The fourth-order valence-electron chi connectivity index (χ4n) is 1.78. The second-order valence-electron chi connectivity index (χ2n) is 6.47. The highest BCUT2D eigenvalue weighted by Gasteiger charge is 2.19. The SMILES string of the molecule is CC(C)(C)OC(=O)Nn1nnc2cccc(C#C[C@](C)(O)CO)c21. The molecule has 3 N–H and O–H groups in total. The van der Waals surface area contributed by atoms with E-state index in [0.29, 0.717) is 16.6 Å². The summed E-state index contributed by atoms with van der Waals surface area (Å²) in [5.74, 6) is 5.34. The smallest absolute Gasteiger partial charge is 0.428 e. The normalized spacial score (nSPS) is 13.8. The highest BCUT2D eigenvalue weighted by molar-refractivity contribution is 5.84. The van der Waals surface area contributed by atoms with Crippen molar-refractivity contribution >= 4 is 17.1 Å². The van der Waals surface area contributed by atoms with Crippen LogP contribution in [0.4, 0.5) is 4.79 Å². The summed E-state index contributed by atoms with van der Waals surface area (Å²) in [6.07, 6.45) is -0.681. The van der Waals surface area contributed by atoms with E-state index in [1.165, 1.54) is 11.7 Å². The summed E-state index contributed by atoms with van der Waals surface area (Å²) in [6.45, 7) is 6.15. The van der Waals surface area contributed by atoms with E-state index in [9.17, 15) is 9.90 Å². The molecular weight excluding hydrogens is 312 g/mol. The summed E-state index contributed by atoms with van der Waals surface area (Å²) in [7, 11) is 0. The van der Waals surface area contributed by atoms with Gasteiger partial charge in [-0.3, -0.25) is 0 Å². The number of aliphatic hydroxyl groups is 2. The summed E-state index contributed by atoms with van der Waals surface area (Å²) in [5.41, 5.74) is 1.76. The lowest BCUT2D eigenvalue weighted by atomic mass is 10.1. The summed E-state index contributed by atoms with van der Waals surface area (Å²) >= 11 is 0. The van der Waals surface area contributed by atoms with Crippen LogP contribution in [-0.4, -0.2) is 49.2 Å². The molecule has 1 heterocycles. The topological polar surface area (TPSA) is 110 Å². The zero-order chi connectivity index (χ0) is 18.0. The number of carbonyl (C=O) groups excluding carboxylic acids is 1. The monoisotopic (exact) mass is 332 g/mol. The molecule has 1 aromatic carbocycles. The number of nitrogens with zero attached hydrogens (tertiary/aromatic N) is 3. The molecule has 0 spiro atoms. The minimum absolute atomic E-state index is 0.463. The maximum atomic E-state index is 11.9. The van der Waals surface area contributed by atoms with Gasteiger partial charge < -0.3 is 14.9 Å². The van der Waals surface area contributed by atoms with Crippen LogP contribution in [0.1, 0.15) is 33.3 Å². The third-order valence-corrected chi connectivity index (χ3v) is 2.84. The lowest BCUT2D eigenvalue weighted by molar-refractivity contribution is 0.0518. The Labute approximate surface area is 139 Å². The number of ether oxygens (including phenoxy) is 1. The van der Waals surface area contributed by atoms with E-state index >= 15 is 0 Å². The zero-order valence-electron chi connectivity index (χ0n) is 14.0. The molecule has 1 amide bonds. The molecule has 0 saturated carbocycles. The Kier molecular flexibility index (Phi) is 4.78. The Balaban J connectivity index is 2.38. The molecule has 8 nitrogen and oxygen atoms in total. The number of benzene rings is 1. The molecular formula is C16H20N4O4. The van der Waals surface area contributed by atoms with Gasteiger partial charge in [-0.1, -0.05) is 17.9 Å². The Morgan fingerprint density at radius 2 is 2.08 bits per heavy atom. The van der Waals surface area contributed by atoms with Crippen LogP contribution in [-0.2, 0) is 4.74 Å². The van der Waals surface area contributed by atoms with Crippen molar-refractivity contribution < 1.29 is 19.7 Å². The number of fused-ring (bicyclic) bond motifs is 1. The Bertz CT molecular complexity index is 809. The van der Waals surface area contributed by atoms with E-state index in [-0.39, 0.29) is 0 Å². The number of aliphatic hydroxyl groups excluding tert-OH is 1. The third-order valence-electron chi connectivity index (χ3n) is 2.84. The van der Waals surface area contributed by atoms with Crippen molar-refractivity contribution in [3.8, 4) is 11.8 Å². The predicted octanol–water partition coefficient (Wildman–Crippen LogP) is 1.00. The van der Waals surface area contributed by atoms with Crippen LogP contribution >= 0.6 is 0 Å². The van der Waals surface area contributed by atoms with Crippen molar-refractivity contribution in [2.45, 2.75) is 38.9 Å². The molecule has 0 bridgehead atoms. The third kappa shape index (κ3) is 4.44. The van der Waals surface area contributed by atoms with Gasteiger partial charge >= 0.3 is 6.09 Å². The van der Waals surface area contributed by atoms with Crippen molar-refractivity contribution in [2.75, 3.05) is 12.0 Å². The first kappa shape index (κ1) is 17.7. The second-order valence-corrected chi connectivity index (χ2v) is 6.47. The quantitative estimate of drug-likeness (QED) is 0.708. The molecule has 0 aliphatic rings. The molecule has 1 atom stereocenters. The standard InChI is InChI=1S/C16H20N4O4/c1-15(2,3)24-14(22)18-20-13-11(8-9-16(4,23)10-21)6-5-7-12(13)17-19-20/h5-7,21,23H,10H2,1-4H3,(H,18,22)/t16-/m0/s1. The molecule has 0 radical (unpaired) electrons. The number of hydrogen-bond donors (Lipinski definition) is 3. The Morgan fingerprint density at radius 1 is 1.38 bits per heavy atom. The van der Waals surface area contributed by atoms with Gasteiger partial charge in [0, 0.05) is 0 Å². The van der Waals surface area contributed by atoms with Crippen molar-refractivity contribution in [3.63, 3.8) is 0 Å². The van der Waals surface area contributed by atoms with E-state index in [2.05, 4.69) is 27.6 Å². The molecule has 128 valence electrons. The van der Waals surface area contributed by atoms with Crippen LogP contribution in [0.3, 0.4) is 0 Å². The maximum Gasteiger partial charge on any atom is 0.428 e. The van der Waals surface area contributed by atoms with Gasteiger partial charge in [-0.05, 0) is 45.0 Å². The molecule has 24 heavy (non-hydrogen) atoms. The van der Waals surface area contributed by atoms with E-state index in [4.69, 9.17) is 9.84 Å². The number of nitrogens with one attached hydrogen (secondary N) is 1. The number of carbonyl (C=O) groups is 1. The van der Waals surface area contributed by atoms with Gasteiger partial charge in [-0.2, -0.15) is 0 Å². The van der Waals surface area contributed by atoms with Crippen LogP contribution < -0.4 is 5.43 Å². The van der Waals surface area contributed by atoms with Gasteiger partial charge in [-0.25, -0.2) is 10.2 Å². The van der Waals surface area contributed by atoms with E-state index in [0.717, 1.165) is 0 Å². The van der Waals surface area contributed by atoms with Gasteiger partial charge in [0.25, 0.3) is 0 Å². The number of rotatable bonds is 2. The van der Waals surface area contributed by atoms with Gasteiger partial charge in [-0.15, -0.1) is 9.89 Å². The fraction of sp³-hybridized carbons (Fsp3) is 0.438. The summed E-state index contributed by atoms with van der Waals surface area (Å²) < 4.78 is 5.18. The van der Waals surface area contributed by atoms with E-state index in [1.54, 1.807) is 39.0 Å². The summed E-state index contributed by atoms with van der Waals surface area (Å²) in [6, 6.07) is 5.14. The Hall–Kier alpha value is -2.63. The van der Waals surface area contributed by atoms with E-state index < -0.39 is 23.9 Å². The molecule has 0 aliphatic heterocycles. The van der Waals surface area contributed by atoms with Gasteiger partial charge in [0.15, 0.2) is 0 Å². The van der Waals surface area contributed by atoms with Crippen LogP contribution in [0.25, 0.3) is 11.0 Å². The minimum atomic E-state index is -1.53. The van der Waals surface area contributed by atoms with Crippen LogP contribution in [0, 0.1) is 11.8 Å². The highest BCUT2D eigenvalue weighted by atomic mass is 16.6. The zero-order valence-corrected chi connectivity index (χ0v) is 14.0. The number of hydrogen-bond acceptors (Lipinski definition) is 6. The van der Waals surface area contributed by atoms with Crippen molar-refractivity contribution in [2.24, 2.45) is 0 Å².